The molecule has 1 unspecified atom stereocenters. The molecule has 1 amide bonds. The van der Waals surface area contributed by atoms with Crippen molar-refractivity contribution in [1.82, 2.24) is 9.62 Å². The maximum atomic E-state index is 12.3. The summed E-state index contributed by atoms with van der Waals surface area (Å²) in [5.41, 5.74) is 0. The minimum absolute atomic E-state index is 0.0480. The van der Waals surface area contributed by atoms with Crippen molar-refractivity contribution < 1.29 is 23.1 Å². The molecule has 1 saturated heterocycles. The summed E-state index contributed by atoms with van der Waals surface area (Å²) in [5, 5.41) is 8.76. The number of hydrogen-bond donors (Lipinski definition) is 2. The number of hydrogen-bond acceptors (Lipinski definition) is 4. The smallest absolute Gasteiger partial charge is 0.303 e. The van der Waals surface area contributed by atoms with E-state index in [9.17, 15) is 18.0 Å². The molecule has 7 nitrogen and oxygen atoms in total. The van der Waals surface area contributed by atoms with Crippen molar-refractivity contribution >= 4 is 21.9 Å². The van der Waals surface area contributed by atoms with Gasteiger partial charge in [-0.25, -0.2) is 13.1 Å². The summed E-state index contributed by atoms with van der Waals surface area (Å²) in [6.07, 6.45) is 2.56. The van der Waals surface area contributed by atoms with Gasteiger partial charge in [-0.1, -0.05) is 18.2 Å². The second-order valence-electron chi connectivity index (χ2n) is 6.24. The number of carbonyl (C=O) groups is 2. The van der Waals surface area contributed by atoms with Gasteiger partial charge >= 0.3 is 5.97 Å². The van der Waals surface area contributed by atoms with Crippen molar-refractivity contribution in [2.45, 2.75) is 37.0 Å². The Morgan fingerprint density at radius 3 is 2.60 bits per heavy atom. The molecule has 1 aliphatic heterocycles. The van der Waals surface area contributed by atoms with E-state index >= 15 is 0 Å². The van der Waals surface area contributed by atoms with E-state index in [2.05, 4.69) is 4.72 Å². The predicted octanol–water partition coefficient (Wildman–Crippen LogP) is 1.46. The fourth-order valence-corrected chi connectivity index (χ4v) is 4.04. The van der Waals surface area contributed by atoms with Crippen LogP contribution in [0.5, 0.6) is 0 Å². The third kappa shape index (κ3) is 6.13. The molecule has 138 valence electrons. The van der Waals surface area contributed by atoms with E-state index in [1.807, 2.05) is 0 Å². The zero-order chi connectivity index (χ0) is 18.3. The van der Waals surface area contributed by atoms with Gasteiger partial charge in [0.2, 0.25) is 15.9 Å². The van der Waals surface area contributed by atoms with Gasteiger partial charge in [-0.3, -0.25) is 9.59 Å². The molecule has 1 aliphatic rings. The average Bonchev–Trinajstić information content (AvgIpc) is 2.61. The van der Waals surface area contributed by atoms with E-state index in [1.54, 1.807) is 23.1 Å². The first-order chi connectivity index (χ1) is 11.9. The molecule has 0 spiro atoms. The Bertz CT molecular complexity index is 690. The molecule has 1 aromatic rings. The van der Waals surface area contributed by atoms with Crippen LogP contribution in [0.15, 0.2) is 35.2 Å². The number of piperidine rings is 1. The lowest BCUT2D eigenvalue weighted by Crippen LogP contribution is -2.41. The number of carboxylic acids is 1. The summed E-state index contributed by atoms with van der Waals surface area (Å²) in [6.45, 7) is 1.25. The highest BCUT2D eigenvalue weighted by molar-refractivity contribution is 7.89. The van der Waals surface area contributed by atoms with Crippen molar-refractivity contribution in [2.24, 2.45) is 5.92 Å². The van der Waals surface area contributed by atoms with Crippen LogP contribution in [0.1, 0.15) is 32.1 Å². The lowest BCUT2D eigenvalue weighted by molar-refractivity contribution is -0.137. The Balaban J connectivity index is 1.79. The fourth-order valence-electron chi connectivity index (χ4n) is 2.99. The molecule has 25 heavy (non-hydrogen) atoms. The van der Waals surface area contributed by atoms with Gasteiger partial charge < -0.3 is 10.0 Å². The molecule has 1 aromatic carbocycles. The van der Waals surface area contributed by atoms with Crippen LogP contribution in [-0.4, -0.2) is 49.9 Å². The van der Waals surface area contributed by atoms with Gasteiger partial charge in [0.05, 0.1) is 4.90 Å². The van der Waals surface area contributed by atoms with Crippen LogP contribution < -0.4 is 4.72 Å². The zero-order valence-corrected chi connectivity index (χ0v) is 14.9. The van der Waals surface area contributed by atoms with E-state index in [4.69, 9.17) is 5.11 Å². The third-order valence-electron chi connectivity index (χ3n) is 4.32. The van der Waals surface area contributed by atoms with Gasteiger partial charge in [0.15, 0.2) is 0 Å². The number of nitrogens with one attached hydrogen (secondary N) is 1. The highest BCUT2D eigenvalue weighted by Crippen LogP contribution is 2.21. The van der Waals surface area contributed by atoms with Gasteiger partial charge in [0, 0.05) is 32.5 Å². The van der Waals surface area contributed by atoms with E-state index in [1.165, 1.54) is 12.1 Å². The summed E-state index contributed by atoms with van der Waals surface area (Å²) in [5.74, 6) is -0.718. The van der Waals surface area contributed by atoms with Crippen molar-refractivity contribution in [3.05, 3.63) is 30.3 Å². The highest BCUT2D eigenvalue weighted by atomic mass is 32.2. The van der Waals surface area contributed by atoms with E-state index in [-0.39, 0.29) is 36.1 Å². The molecule has 0 saturated carbocycles. The Hall–Kier alpha value is -1.93. The largest absolute Gasteiger partial charge is 0.481 e. The molecule has 1 heterocycles. The van der Waals surface area contributed by atoms with Crippen LogP contribution in [0.2, 0.25) is 0 Å². The second-order valence-corrected chi connectivity index (χ2v) is 8.01. The van der Waals surface area contributed by atoms with Gasteiger partial charge in [-0.15, -0.1) is 0 Å². The monoisotopic (exact) mass is 368 g/mol. The molecular formula is C17H24N2O5S. The Labute approximate surface area is 148 Å². The van der Waals surface area contributed by atoms with Crippen molar-refractivity contribution in [3.8, 4) is 0 Å². The number of nitrogens with zero attached hydrogens (tertiary/aromatic N) is 1. The van der Waals surface area contributed by atoms with Crippen molar-refractivity contribution in [3.63, 3.8) is 0 Å². The summed E-state index contributed by atoms with van der Waals surface area (Å²) in [7, 11) is -3.60. The molecule has 2 N–H and O–H groups in total. The van der Waals surface area contributed by atoms with Crippen LogP contribution in [0.4, 0.5) is 0 Å². The van der Waals surface area contributed by atoms with Crippen LogP contribution in [0, 0.1) is 5.92 Å². The molecule has 0 aliphatic carbocycles. The number of rotatable bonds is 8. The lowest BCUT2D eigenvalue weighted by atomic mass is 9.93. The summed E-state index contributed by atoms with van der Waals surface area (Å²) < 4.78 is 26.6. The third-order valence-corrected chi connectivity index (χ3v) is 5.80. The average molecular weight is 368 g/mol. The molecule has 1 fully saturated rings. The summed E-state index contributed by atoms with van der Waals surface area (Å²) in [6, 6.07) is 8.03. The van der Waals surface area contributed by atoms with Crippen LogP contribution >= 0.6 is 0 Å². The summed E-state index contributed by atoms with van der Waals surface area (Å²) in [4.78, 5) is 24.8. The highest BCUT2D eigenvalue weighted by Gasteiger charge is 2.24. The number of aliphatic carboxylic acids is 1. The standard InChI is InChI=1S/C17H24N2O5S/c20-16(19-12-4-5-14(13-19)8-9-17(21)22)10-11-18-25(23,24)15-6-2-1-3-7-15/h1-3,6-7,14,18H,4-5,8-13H2,(H,21,22). The predicted molar refractivity (Wildman–Crippen MR) is 92.4 cm³/mol. The zero-order valence-electron chi connectivity index (χ0n) is 14.1. The first kappa shape index (κ1) is 19.4. The number of sulfonamides is 1. The minimum Gasteiger partial charge on any atom is -0.481 e. The van der Waals surface area contributed by atoms with Gasteiger partial charge in [-0.2, -0.15) is 0 Å². The quantitative estimate of drug-likeness (QED) is 0.723. The van der Waals surface area contributed by atoms with Crippen LogP contribution in [-0.2, 0) is 19.6 Å². The van der Waals surface area contributed by atoms with Crippen molar-refractivity contribution in [2.75, 3.05) is 19.6 Å². The minimum atomic E-state index is -3.60. The molecule has 2 rings (SSSR count). The molecular weight excluding hydrogens is 344 g/mol. The van der Waals surface area contributed by atoms with E-state index in [0.717, 1.165) is 12.8 Å². The molecule has 0 bridgehead atoms. The van der Waals surface area contributed by atoms with Gasteiger partial charge in [0.25, 0.3) is 0 Å². The number of carboxylic acid groups (broad SMARTS) is 1. The Kier molecular flexibility index (Phi) is 6.95. The van der Waals surface area contributed by atoms with E-state index in [0.29, 0.717) is 19.5 Å². The fraction of sp³-hybridized carbons (Fsp3) is 0.529. The second kappa shape index (κ2) is 8.96. The molecule has 0 radical (unpaired) electrons. The van der Waals surface area contributed by atoms with E-state index < -0.39 is 16.0 Å². The summed E-state index contributed by atoms with van der Waals surface area (Å²) >= 11 is 0. The first-order valence-corrected chi connectivity index (χ1v) is 9.91. The number of carbonyl (C=O) groups excluding carboxylic acids is 1. The normalized spacial score (nSPS) is 18.1. The molecule has 1 atom stereocenters. The Morgan fingerprint density at radius 1 is 1.20 bits per heavy atom. The van der Waals surface area contributed by atoms with Gasteiger partial charge in [0.1, 0.15) is 0 Å². The lowest BCUT2D eigenvalue weighted by Gasteiger charge is -2.32. The van der Waals surface area contributed by atoms with Gasteiger partial charge in [-0.05, 0) is 37.3 Å². The maximum absolute atomic E-state index is 12.3. The number of amides is 1. The van der Waals surface area contributed by atoms with Crippen LogP contribution in [0.25, 0.3) is 0 Å². The molecule has 0 aromatic heterocycles. The molecule has 8 heteroatoms. The van der Waals surface area contributed by atoms with Crippen LogP contribution in [0.3, 0.4) is 0 Å². The topological polar surface area (TPSA) is 104 Å². The number of likely N-dealkylation sites (tertiary alicyclic amines) is 1. The Morgan fingerprint density at radius 2 is 1.92 bits per heavy atom. The first-order valence-electron chi connectivity index (χ1n) is 8.43. The number of benzene rings is 1. The SMILES string of the molecule is O=C(O)CCC1CCCN(C(=O)CCNS(=O)(=O)c2ccccc2)C1. The van der Waals surface area contributed by atoms with Crippen molar-refractivity contribution in [1.29, 1.82) is 0 Å². The maximum Gasteiger partial charge on any atom is 0.303 e.